The molecule has 0 radical (unpaired) electrons. The number of hydrogen-bond donors (Lipinski definition) is 0. The molecular weight excluding hydrogens is 224 g/mol. The van der Waals surface area contributed by atoms with Crippen molar-refractivity contribution in [3.05, 3.63) is 33.8 Å². The first-order valence-electron chi connectivity index (χ1n) is 4.94. The van der Waals surface area contributed by atoms with Crippen molar-refractivity contribution in [1.82, 2.24) is 0 Å². The lowest BCUT2D eigenvalue weighted by atomic mass is 9.99. The van der Waals surface area contributed by atoms with E-state index in [9.17, 15) is 0 Å². The normalized spacial score (nSPS) is 10.8. The number of halogens is 1. The summed E-state index contributed by atoms with van der Waals surface area (Å²) in [6.07, 6.45) is 2.38. The van der Waals surface area contributed by atoms with E-state index in [-0.39, 0.29) is 0 Å². The number of rotatable bonds is 3. The van der Waals surface area contributed by atoms with Crippen molar-refractivity contribution >= 4 is 15.9 Å². The number of hydrogen-bond acceptors (Lipinski definition) is 0. The summed E-state index contributed by atoms with van der Waals surface area (Å²) < 4.78 is 1.31. The van der Waals surface area contributed by atoms with Crippen molar-refractivity contribution in [3.63, 3.8) is 0 Å². The van der Waals surface area contributed by atoms with Gasteiger partial charge in [0.2, 0.25) is 0 Å². The quantitative estimate of drug-likeness (QED) is 0.729. The predicted octanol–water partition coefficient (Wildman–Crippen LogP) is 4.53. The lowest BCUT2D eigenvalue weighted by Crippen LogP contribution is -1.93. The molecule has 0 saturated carbocycles. The van der Waals surface area contributed by atoms with E-state index >= 15 is 0 Å². The Morgan fingerprint density at radius 2 is 2.00 bits per heavy atom. The Balaban J connectivity index is 3.03. The highest BCUT2D eigenvalue weighted by molar-refractivity contribution is 9.10. The molecule has 0 aliphatic carbocycles. The molecule has 13 heavy (non-hydrogen) atoms. The molecule has 0 heterocycles. The van der Waals surface area contributed by atoms with E-state index in [0.29, 0.717) is 5.92 Å². The van der Waals surface area contributed by atoms with Gasteiger partial charge in [0.05, 0.1) is 0 Å². The Morgan fingerprint density at radius 1 is 1.31 bits per heavy atom. The third-order valence-electron chi connectivity index (χ3n) is 2.25. The van der Waals surface area contributed by atoms with Crippen molar-refractivity contribution < 1.29 is 0 Å². The largest absolute Gasteiger partial charge is 0.0651 e. The third kappa shape index (κ3) is 2.57. The van der Waals surface area contributed by atoms with Gasteiger partial charge < -0.3 is 0 Å². The van der Waals surface area contributed by atoms with Crippen molar-refractivity contribution in [2.45, 2.75) is 39.5 Å². The molecule has 0 spiro atoms. The Bertz CT molecular complexity index is 276. The zero-order chi connectivity index (χ0) is 9.84. The van der Waals surface area contributed by atoms with Gasteiger partial charge in [-0.1, -0.05) is 61.3 Å². The Kier molecular flexibility index (Phi) is 3.98. The maximum atomic E-state index is 3.68. The number of aryl methyl sites for hydroxylation is 1. The van der Waals surface area contributed by atoms with Gasteiger partial charge in [0.15, 0.2) is 0 Å². The molecule has 1 rings (SSSR count). The molecule has 0 aromatic heterocycles. The summed E-state index contributed by atoms with van der Waals surface area (Å²) >= 11 is 3.68. The fourth-order valence-electron chi connectivity index (χ4n) is 1.51. The van der Waals surface area contributed by atoms with Crippen LogP contribution in [0, 0.1) is 0 Å². The molecule has 1 aromatic rings. The molecule has 0 unspecified atom stereocenters. The van der Waals surface area contributed by atoms with Crippen LogP contribution in [0.4, 0.5) is 0 Å². The van der Waals surface area contributed by atoms with Crippen LogP contribution in [-0.2, 0) is 6.42 Å². The van der Waals surface area contributed by atoms with Gasteiger partial charge in [-0.3, -0.25) is 0 Å². The second-order valence-electron chi connectivity index (χ2n) is 3.73. The van der Waals surface area contributed by atoms with E-state index in [1.165, 1.54) is 28.4 Å². The minimum absolute atomic E-state index is 0.603. The maximum absolute atomic E-state index is 3.68. The van der Waals surface area contributed by atoms with Crippen LogP contribution in [0.2, 0.25) is 0 Å². The first kappa shape index (κ1) is 10.8. The molecule has 0 bridgehead atoms. The Labute approximate surface area is 89.5 Å². The van der Waals surface area contributed by atoms with E-state index in [1.54, 1.807) is 0 Å². The smallest absolute Gasteiger partial charge is 0.0241 e. The lowest BCUT2D eigenvalue weighted by molar-refractivity contribution is 0.845. The van der Waals surface area contributed by atoms with E-state index in [2.05, 4.69) is 54.9 Å². The molecule has 0 atom stereocenters. The monoisotopic (exact) mass is 240 g/mol. The minimum atomic E-state index is 0.603. The van der Waals surface area contributed by atoms with Crippen LogP contribution in [0.15, 0.2) is 22.7 Å². The second-order valence-corrected chi connectivity index (χ2v) is 4.52. The summed E-state index contributed by atoms with van der Waals surface area (Å²) in [4.78, 5) is 0. The Hall–Kier alpha value is -0.300. The summed E-state index contributed by atoms with van der Waals surface area (Å²) in [6, 6.07) is 6.57. The fraction of sp³-hybridized carbons (Fsp3) is 0.500. The third-order valence-corrected chi connectivity index (χ3v) is 3.22. The predicted molar refractivity (Wildman–Crippen MR) is 62.2 cm³/mol. The van der Waals surface area contributed by atoms with Crippen LogP contribution in [0.3, 0.4) is 0 Å². The van der Waals surface area contributed by atoms with Gasteiger partial charge in [-0.25, -0.2) is 0 Å². The number of benzene rings is 1. The molecule has 0 aliphatic heterocycles. The standard InChI is InChI=1S/C12H17Br/c1-4-6-10-7-5-8-11(9(2)3)12(10)13/h5,7-9H,4,6H2,1-3H3. The zero-order valence-electron chi connectivity index (χ0n) is 8.60. The van der Waals surface area contributed by atoms with Gasteiger partial charge >= 0.3 is 0 Å². The molecular formula is C12H17Br. The fourth-order valence-corrected chi connectivity index (χ4v) is 2.43. The SMILES string of the molecule is CCCc1cccc(C(C)C)c1Br. The highest BCUT2D eigenvalue weighted by Crippen LogP contribution is 2.28. The van der Waals surface area contributed by atoms with Gasteiger partial charge in [-0.2, -0.15) is 0 Å². The van der Waals surface area contributed by atoms with Crippen LogP contribution < -0.4 is 0 Å². The van der Waals surface area contributed by atoms with Crippen molar-refractivity contribution in [3.8, 4) is 0 Å². The summed E-state index contributed by atoms with van der Waals surface area (Å²) in [5, 5.41) is 0. The summed E-state index contributed by atoms with van der Waals surface area (Å²) in [7, 11) is 0. The molecule has 0 nitrogen and oxygen atoms in total. The minimum Gasteiger partial charge on any atom is -0.0651 e. The Morgan fingerprint density at radius 3 is 2.54 bits per heavy atom. The zero-order valence-corrected chi connectivity index (χ0v) is 10.2. The average Bonchev–Trinajstić information content (AvgIpc) is 2.08. The van der Waals surface area contributed by atoms with E-state index in [0.717, 1.165) is 0 Å². The molecule has 0 N–H and O–H groups in total. The van der Waals surface area contributed by atoms with Gasteiger partial charge in [0.1, 0.15) is 0 Å². The molecule has 0 amide bonds. The lowest BCUT2D eigenvalue weighted by Gasteiger charge is -2.11. The second kappa shape index (κ2) is 4.80. The average molecular weight is 241 g/mol. The maximum Gasteiger partial charge on any atom is 0.0241 e. The summed E-state index contributed by atoms with van der Waals surface area (Å²) in [5.41, 5.74) is 2.86. The van der Waals surface area contributed by atoms with Crippen molar-refractivity contribution in [1.29, 1.82) is 0 Å². The van der Waals surface area contributed by atoms with Crippen LogP contribution in [0.5, 0.6) is 0 Å². The van der Waals surface area contributed by atoms with Crippen molar-refractivity contribution in [2.24, 2.45) is 0 Å². The highest BCUT2D eigenvalue weighted by Gasteiger charge is 2.07. The van der Waals surface area contributed by atoms with Crippen LogP contribution in [0.1, 0.15) is 44.2 Å². The topological polar surface area (TPSA) is 0 Å². The highest BCUT2D eigenvalue weighted by atomic mass is 79.9. The van der Waals surface area contributed by atoms with Crippen LogP contribution in [-0.4, -0.2) is 0 Å². The molecule has 0 aliphatic rings. The first-order chi connectivity index (χ1) is 6.16. The molecule has 72 valence electrons. The van der Waals surface area contributed by atoms with Gasteiger partial charge in [0.25, 0.3) is 0 Å². The first-order valence-corrected chi connectivity index (χ1v) is 5.73. The van der Waals surface area contributed by atoms with Crippen LogP contribution in [0.25, 0.3) is 0 Å². The van der Waals surface area contributed by atoms with Crippen molar-refractivity contribution in [2.75, 3.05) is 0 Å². The van der Waals surface area contributed by atoms with Gasteiger partial charge in [-0.15, -0.1) is 0 Å². The molecule has 1 aromatic carbocycles. The van der Waals surface area contributed by atoms with Gasteiger partial charge in [0, 0.05) is 4.47 Å². The summed E-state index contributed by atoms with van der Waals surface area (Å²) in [6.45, 7) is 6.68. The van der Waals surface area contributed by atoms with Gasteiger partial charge in [-0.05, 0) is 23.5 Å². The summed E-state index contributed by atoms with van der Waals surface area (Å²) in [5.74, 6) is 0.603. The molecule has 0 fully saturated rings. The van der Waals surface area contributed by atoms with E-state index < -0.39 is 0 Å². The van der Waals surface area contributed by atoms with E-state index in [1.807, 2.05) is 0 Å². The van der Waals surface area contributed by atoms with E-state index in [4.69, 9.17) is 0 Å². The molecule has 0 saturated heterocycles. The molecule has 1 heteroatoms. The van der Waals surface area contributed by atoms with Crippen LogP contribution >= 0.6 is 15.9 Å².